The highest BCUT2D eigenvalue weighted by Crippen LogP contribution is 2.20. The molecule has 94 valence electrons. The van der Waals surface area contributed by atoms with Crippen molar-refractivity contribution < 1.29 is 9.53 Å². The Morgan fingerprint density at radius 3 is 2.88 bits per heavy atom. The molecule has 1 heterocycles. The quantitative estimate of drug-likeness (QED) is 0.676. The number of rotatable bonds is 5. The van der Waals surface area contributed by atoms with Gasteiger partial charge in [-0.25, -0.2) is 0 Å². The SMILES string of the molecule is CCCC(C)CN1CCCCC1C(=O)OC. The zero-order valence-electron chi connectivity index (χ0n) is 10.9. The Hall–Kier alpha value is -0.570. The summed E-state index contributed by atoms with van der Waals surface area (Å²) in [5.74, 6) is 0.624. The van der Waals surface area contributed by atoms with E-state index in [1.54, 1.807) is 0 Å². The molecule has 1 fully saturated rings. The van der Waals surface area contributed by atoms with Crippen molar-refractivity contribution in [3.05, 3.63) is 0 Å². The van der Waals surface area contributed by atoms with Gasteiger partial charge in [0, 0.05) is 6.54 Å². The number of carbonyl (C=O) groups excluding carboxylic acids is 1. The lowest BCUT2D eigenvalue weighted by Gasteiger charge is -2.35. The smallest absolute Gasteiger partial charge is 0.323 e. The minimum atomic E-state index is -0.0524. The highest BCUT2D eigenvalue weighted by molar-refractivity contribution is 5.75. The largest absolute Gasteiger partial charge is 0.468 e. The fourth-order valence-electron chi connectivity index (χ4n) is 2.60. The van der Waals surface area contributed by atoms with Gasteiger partial charge < -0.3 is 4.74 Å². The first-order chi connectivity index (χ1) is 7.69. The van der Waals surface area contributed by atoms with Gasteiger partial charge in [0.05, 0.1) is 7.11 Å². The van der Waals surface area contributed by atoms with E-state index in [0.29, 0.717) is 5.92 Å². The van der Waals surface area contributed by atoms with Crippen molar-refractivity contribution >= 4 is 5.97 Å². The molecule has 2 atom stereocenters. The standard InChI is InChI=1S/C13H25NO2/c1-4-7-11(2)10-14-9-6-5-8-12(14)13(15)16-3/h11-12H,4-10H2,1-3H3. The first-order valence-electron chi connectivity index (χ1n) is 6.51. The van der Waals surface area contributed by atoms with Crippen LogP contribution >= 0.6 is 0 Å². The molecule has 0 radical (unpaired) electrons. The fourth-order valence-corrected chi connectivity index (χ4v) is 2.60. The van der Waals surface area contributed by atoms with Crippen LogP contribution in [-0.2, 0) is 9.53 Å². The van der Waals surface area contributed by atoms with Crippen molar-refractivity contribution in [2.45, 2.75) is 52.0 Å². The summed E-state index contributed by atoms with van der Waals surface area (Å²) in [5, 5.41) is 0. The molecular formula is C13H25NO2. The second-order valence-corrected chi connectivity index (χ2v) is 4.92. The summed E-state index contributed by atoms with van der Waals surface area (Å²) in [6, 6.07) is 0.0121. The van der Waals surface area contributed by atoms with Crippen molar-refractivity contribution in [1.29, 1.82) is 0 Å². The monoisotopic (exact) mass is 227 g/mol. The van der Waals surface area contributed by atoms with Crippen molar-refractivity contribution in [2.24, 2.45) is 5.92 Å². The van der Waals surface area contributed by atoms with E-state index in [9.17, 15) is 4.79 Å². The molecule has 0 aromatic rings. The topological polar surface area (TPSA) is 29.5 Å². The Balaban J connectivity index is 2.49. The molecule has 3 nitrogen and oxygen atoms in total. The summed E-state index contributed by atoms with van der Waals surface area (Å²) in [6.07, 6.45) is 5.79. The maximum Gasteiger partial charge on any atom is 0.323 e. The van der Waals surface area contributed by atoms with E-state index in [1.807, 2.05) is 0 Å². The summed E-state index contributed by atoms with van der Waals surface area (Å²) >= 11 is 0. The number of carbonyl (C=O) groups is 1. The Morgan fingerprint density at radius 1 is 1.50 bits per heavy atom. The number of hydrogen-bond donors (Lipinski definition) is 0. The third-order valence-electron chi connectivity index (χ3n) is 3.41. The summed E-state index contributed by atoms with van der Waals surface area (Å²) in [4.78, 5) is 14.0. The molecule has 0 saturated carbocycles. The van der Waals surface area contributed by atoms with Crippen molar-refractivity contribution in [3.63, 3.8) is 0 Å². The first-order valence-corrected chi connectivity index (χ1v) is 6.51. The molecule has 0 bridgehead atoms. The molecular weight excluding hydrogens is 202 g/mol. The Labute approximate surface area is 99.1 Å². The van der Waals surface area contributed by atoms with Gasteiger partial charge in [0.2, 0.25) is 0 Å². The Kier molecular flexibility index (Phi) is 5.81. The number of esters is 1. The van der Waals surface area contributed by atoms with Crippen LogP contribution in [0.3, 0.4) is 0 Å². The van der Waals surface area contributed by atoms with Gasteiger partial charge in [0.15, 0.2) is 0 Å². The van der Waals surface area contributed by atoms with E-state index in [0.717, 1.165) is 25.9 Å². The number of likely N-dealkylation sites (tertiary alicyclic amines) is 1. The van der Waals surface area contributed by atoms with Crippen LogP contribution in [0.25, 0.3) is 0 Å². The highest BCUT2D eigenvalue weighted by Gasteiger charge is 2.29. The van der Waals surface area contributed by atoms with Gasteiger partial charge in [-0.2, -0.15) is 0 Å². The average molecular weight is 227 g/mol. The van der Waals surface area contributed by atoms with Crippen LogP contribution in [0.1, 0.15) is 46.0 Å². The molecule has 0 spiro atoms. The first kappa shape index (κ1) is 13.5. The summed E-state index contributed by atoms with van der Waals surface area (Å²) < 4.78 is 4.88. The highest BCUT2D eigenvalue weighted by atomic mass is 16.5. The number of piperidine rings is 1. The van der Waals surface area contributed by atoms with Gasteiger partial charge in [-0.1, -0.05) is 26.7 Å². The third-order valence-corrected chi connectivity index (χ3v) is 3.41. The van der Waals surface area contributed by atoms with Crippen LogP contribution in [0.15, 0.2) is 0 Å². The zero-order chi connectivity index (χ0) is 12.0. The lowest BCUT2D eigenvalue weighted by atomic mass is 9.98. The Bertz CT molecular complexity index is 218. The second kappa shape index (κ2) is 6.89. The molecule has 0 aromatic carbocycles. The minimum Gasteiger partial charge on any atom is -0.468 e. The maximum atomic E-state index is 11.7. The second-order valence-electron chi connectivity index (χ2n) is 4.92. The molecule has 1 rings (SSSR count). The van der Waals surface area contributed by atoms with Crippen molar-refractivity contribution in [3.8, 4) is 0 Å². The van der Waals surface area contributed by atoms with E-state index in [2.05, 4.69) is 18.7 Å². The van der Waals surface area contributed by atoms with Gasteiger partial charge in [-0.3, -0.25) is 9.69 Å². The van der Waals surface area contributed by atoms with Gasteiger partial charge in [0.1, 0.15) is 6.04 Å². The summed E-state index contributed by atoms with van der Waals surface area (Å²) in [7, 11) is 1.49. The molecule has 1 saturated heterocycles. The van der Waals surface area contributed by atoms with Gasteiger partial charge in [-0.15, -0.1) is 0 Å². The van der Waals surface area contributed by atoms with Gasteiger partial charge in [0.25, 0.3) is 0 Å². The predicted octanol–water partition coefficient (Wildman–Crippen LogP) is 2.45. The normalized spacial score (nSPS) is 24.1. The Morgan fingerprint density at radius 2 is 2.25 bits per heavy atom. The van der Waals surface area contributed by atoms with E-state index in [4.69, 9.17) is 4.74 Å². The summed E-state index contributed by atoms with van der Waals surface area (Å²) in [5.41, 5.74) is 0. The fraction of sp³-hybridized carbons (Fsp3) is 0.923. The molecule has 0 N–H and O–H groups in total. The number of nitrogens with zero attached hydrogens (tertiary/aromatic N) is 1. The molecule has 1 aliphatic heterocycles. The predicted molar refractivity (Wildman–Crippen MR) is 65.3 cm³/mol. The van der Waals surface area contributed by atoms with Gasteiger partial charge >= 0.3 is 5.97 Å². The number of hydrogen-bond acceptors (Lipinski definition) is 3. The lowest BCUT2D eigenvalue weighted by Crippen LogP contribution is -2.46. The van der Waals surface area contributed by atoms with E-state index in [1.165, 1.54) is 26.4 Å². The number of ether oxygens (including phenoxy) is 1. The molecule has 0 aliphatic carbocycles. The molecule has 1 aliphatic rings. The van der Waals surface area contributed by atoms with Crippen LogP contribution < -0.4 is 0 Å². The van der Waals surface area contributed by atoms with E-state index < -0.39 is 0 Å². The molecule has 0 amide bonds. The zero-order valence-corrected chi connectivity index (χ0v) is 10.9. The number of methoxy groups -OCH3 is 1. The third kappa shape index (κ3) is 3.78. The van der Waals surface area contributed by atoms with Gasteiger partial charge in [-0.05, 0) is 31.7 Å². The van der Waals surface area contributed by atoms with Crippen molar-refractivity contribution in [2.75, 3.05) is 20.2 Å². The average Bonchev–Trinajstić information content (AvgIpc) is 2.29. The molecule has 0 aromatic heterocycles. The minimum absolute atomic E-state index is 0.0121. The van der Waals surface area contributed by atoms with Crippen LogP contribution in [0.2, 0.25) is 0 Å². The summed E-state index contributed by atoms with van der Waals surface area (Å²) in [6.45, 7) is 6.57. The van der Waals surface area contributed by atoms with E-state index in [-0.39, 0.29) is 12.0 Å². The molecule has 16 heavy (non-hydrogen) atoms. The lowest BCUT2D eigenvalue weighted by molar-refractivity contribution is -0.148. The van der Waals surface area contributed by atoms with Crippen LogP contribution in [0, 0.1) is 5.92 Å². The van der Waals surface area contributed by atoms with Crippen LogP contribution in [0.4, 0.5) is 0 Å². The van der Waals surface area contributed by atoms with E-state index >= 15 is 0 Å². The van der Waals surface area contributed by atoms with Crippen LogP contribution in [-0.4, -0.2) is 37.1 Å². The van der Waals surface area contributed by atoms with Crippen LogP contribution in [0.5, 0.6) is 0 Å². The molecule has 3 heteroatoms. The maximum absolute atomic E-state index is 11.7. The molecule has 2 unspecified atom stereocenters. The van der Waals surface area contributed by atoms with Crippen molar-refractivity contribution in [1.82, 2.24) is 4.90 Å².